The molecule has 2 rings (SSSR count). The predicted octanol–water partition coefficient (Wildman–Crippen LogP) is 3.97. The lowest BCUT2D eigenvalue weighted by atomic mass is 10.2. The molecular formula is C16H18N4O2S. The number of nitriles is 1. The minimum absolute atomic E-state index is 0.424. The Morgan fingerprint density at radius 3 is 2.78 bits per heavy atom. The van der Waals surface area contributed by atoms with Crippen LogP contribution in [0.2, 0.25) is 0 Å². The highest BCUT2D eigenvalue weighted by Crippen LogP contribution is 2.17. The first-order valence-corrected chi connectivity index (χ1v) is 7.91. The summed E-state index contributed by atoms with van der Waals surface area (Å²) in [6.07, 6.45) is 1.10. The van der Waals surface area contributed by atoms with Gasteiger partial charge in [0.15, 0.2) is 0 Å². The minimum Gasteiger partial charge on any atom is -0.444 e. The highest BCUT2D eigenvalue weighted by Gasteiger charge is 2.16. The van der Waals surface area contributed by atoms with Crippen LogP contribution in [-0.4, -0.2) is 16.7 Å². The lowest BCUT2D eigenvalue weighted by Crippen LogP contribution is -2.27. The number of rotatable bonds is 4. The zero-order valence-corrected chi connectivity index (χ0v) is 14.0. The molecule has 7 heteroatoms. The fourth-order valence-electron chi connectivity index (χ4n) is 1.70. The van der Waals surface area contributed by atoms with E-state index in [1.165, 1.54) is 11.3 Å². The number of pyridine rings is 1. The van der Waals surface area contributed by atoms with Crippen LogP contribution < -0.4 is 10.6 Å². The third-order valence-electron chi connectivity index (χ3n) is 2.64. The van der Waals surface area contributed by atoms with E-state index in [9.17, 15) is 4.79 Å². The van der Waals surface area contributed by atoms with Gasteiger partial charge < -0.3 is 10.1 Å². The molecule has 2 heterocycles. The quantitative estimate of drug-likeness (QED) is 0.885. The smallest absolute Gasteiger partial charge is 0.413 e. The van der Waals surface area contributed by atoms with E-state index in [0.717, 1.165) is 10.6 Å². The van der Waals surface area contributed by atoms with E-state index in [0.29, 0.717) is 17.9 Å². The van der Waals surface area contributed by atoms with Gasteiger partial charge >= 0.3 is 6.09 Å². The number of anilines is 2. The van der Waals surface area contributed by atoms with E-state index in [4.69, 9.17) is 10.00 Å². The van der Waals surface area contributed by atoms with Gasteiger partial charge in [0, 0.05) is 16.8 Å². The molecule has 0 radical (unpaired) electrons. The monoisotopic (exact) mass is 330 g/mol. The summed E-state index contributed by atoms with van der Waals surface area (Å²) < 4.78 is 5.16. The van der Waals surface area contributed by atoms with E-state index in [1.807, 2.05) is 17.5 Å². The number of amides is 1. The van der Waals surface area contributed by atoms with Crippen LogP contribution in [0.25, 0.3) is 0 Å². The molecule has 6 nitrogen and oxygen atoms in total. The zero-order chi connectivity index (χ0) is 16.9. The van der Waals surface area contributed by atoms with Crippen LogP contribution in [0.5, 0.6) is 0 Å². The average Bonchev–Trinajstić information content (AvgIpc) is 2.92. The zero-order valence-electron chi connectivity index (χ0n) is 13.2. The van der Waals surface area contributed by atoms with Gasteiger partial charge in [-0.25, -0.2) is 9.78 Å². The number of carbonyl (C=O) groups excluding carboxylic acids is 1. The van der Waals surface area contributed by atoms with Crippen molar-refractivity contribution >= 4 is 28.9 Å². The highest BCUT2D eigenvalue weighted by atomic mass is 32.1. The summed E-state index contributed by atoms with van der Waals surface area (Å²) >= 11 is 1.53. The molecule has 0 unspecified atom stereocenters. The molecule has 0 saturated heterocycles. The summed E-state index contributed by atoms with van der Waals surface area (Å²) in [5, 5.41) is 16.4. The Bertz CT molecular complexity index is 711. The number of thiophene rings is 1. The minimum atomic E-state index is -0.547. The molecule has 2 aromatic rings. The third-order valence-corrected chi connectivity index (χ3v) is 3.58. The van der Waals surface area contributed by atoms with Crippen molar-refractivity contribution in [2.24, 2.45) is 0 Å². The molecule has 0 aliphatic carbocycles. The summed E-state index contributed by atoms with van der Waals surface area (Å²) in [7, 11) is 0. The molecule has 0 fully saturated rings. The summed E-state index contributed by atoms with van der Waals surface area (Å²) in [6, 6.07) is 7.47. The fraction of sp³-hybridized carbons (Fsp3) is 0.312. The first-order chi connectivity index (χ1) is 10.9. The van der Waals surface area contributed by atoms with Crippen LogP contribution in [0.1, 0.15) is 31.2 Å². The lowest BCUT2D eigenvalue weighted by molar-refractivity contribution is 0.0635. The maximum atomic E-state index is 11.6. The molecule has 0 saturated carbocycles. The van der Waals surface area contributed by atoms with Crippen LogP contribution in [0.3, 0.4) is 0 Å². The number of hydrogen-bond acceptors (Lipinski definition) is 6. The van der Waals surface area contributed by atoms with E-state index in [1.54, 1.807) is 33.0 Å². The van der Waals surface area contributed by atoms with Crippen molar-refractivity contribution in [2.75, 3.05) is 10.6 Å². The highest BCUT2D eigenvalue weighted by molar-refractivity contribution is 7.10. The Labute approximate surface area is 139 Å². The van der Waals surface area contributed by atoms with Gasteiger partial charge in [-0.3, -0.25) is 5.32 Å². The van der Waals surface area contributed by atoms with Gasteiger partial charge in [0.05, 0.1) is 17.4 Å². The Kier molecular flexibility index (Phi) is 5.19. The summed E-state index contributed by atoms with van der Waals surface area (Å²) in [4.78, 5) is 16.9. The Morgan fingerprint density at radius 1 is 1.43 bits per heavy atom. The SMILES string of the molecule is CC(C)(C)OC(=O)Nc1ccc(NCc2cc(C#N)cs2)cn1. The van der Waals surface area contributed by atoms with Gasteiger partial charge in [-0.05, 0) is 39.0 Å². The second-order valence-corrected chi connectivity index (χ2v) is 6.82. The van der Waals surface area contributed by atoms with Gasteiger partial charge in [0.25, 0.3) is 0 Å². The maximum Gasteiger partial charge on any atom is 0.413 e. The van der Waals surface area contributed by atoms with E-state index in [2.05, 4.69) is 21.7 Å². The molecular weight excluding hydrogens is 312 g/mol. The van der Waals surface area contributed by atoms with Crippen LogP contribution in [0, 0.1) is 11.3 Å². The molecule has 0 aromatic carbocycles. The normalized spacial score (nSPS) is 10.7. The molecule has 1 amide bonds. The standard InChI is InChI=1S/C16H18N4O2S/c1-16(2,3)22-15(21)20-14-5-4-12(8-19-14)18-9-13-6-11(7-17)10-23-13/h4-6,8,10,18H,9H2,1-3H3,(H,19,20,21). The van der Waals surface area contributed by atoms with Crippen molar-refractivity contribution < 1.29 is 9.53 Å². The predicted molar refractivity (Wildman–Crippen MR) is 90.5 cm³/mol. The number of nitrogens with zero attached hydrogens (tertiary/aromatic N) is 2. The number of nitrogens with one attached hydrogen (secondary N) is 2. The molecule has 120 valence electrons. The number of aromatic nitrogens is 1. The second-order valence-electron chi connectivity index (χ2n) is 5.83. The van der Waals surface area contributed by atoms with E-state index >= 15 is 0 Å². The van der Waals surface area contributed by atoms with Crippen molar-refractivity contribution in [1.82, 2.24) is 4.98 Å². The molecule has 0 bridgehead atoms. The van der Waals surface area contributed by atoms with Crippen molar-refractivity contribution in [1.29, 1.82) is 5.26 Å². The molecule has 2 aromatic heterocycles. The second kappa shape index (κ2) is 7.11. The molecule has 23 heavy (non-hydrogen) atoms. The first kappa shape index (κ1) is 16.8. The van der Waals surface area contributed by atoms with E-state index in [-0.39, 0.29) is 0 Å². The van der Waals surface area contributed by atoms with Crippen LogP contribution >= 0.6 is 11.3 Å². The largest absolute Gasteiger partial charge is 0.444 e. The summed E-state index contributed by atoms with van der Waals surface area (Å²) in [5.41, 5.74) is 0.947. The topological polar surface area (TPSA) is 87.0 Å². The molecule has 0 aliphatic heterocycles. The molecule has 0 aliphatic rings. The van der Waals surface area contributed by atoms with Crippen molar-refractivity contribution in [2.45, 2.75) is 32.9 Å². The Hall–Kier alpha value is -2.59. The summed E-state index contributed by atoms with van der Waals surface area (Å²) in [6.45, 7) is 6.02. The maximum absolute atomic E-state index is 11.6. The van der Waals surface area contributed by atoms with Crippen LogP contribution in [0.4, 0.5) is 16.3 Å². The number of hydrogen-bond donors (Lipinski definition) is 2. The summed E-state index contributed by atoms with van der Waals surface area (Å²) in [5.74, 6) is 0.424. The molecule has 0 spiro atoms. The number of ether oxygens (including phenoxy) is 1. The van der Waals surface area contributed by atoms with Gasteiger partial charge in [-0.1, -0.05) is 0 Å². The number of carbonyl (C=O) groups is 1. The Morgan fingerprint density at radius 2 is 2.22 bits per heavy atom. The van der Waals surface area contributed by atoms with Crippen LogP contribution in [-0.2, 0) is 11.3 Å². The molecule has 0 atom stereocenters. The van der Waals surface area contributed by atoms with Crippen molar-refractivity contribution in [3.63, 3.8) is 0 Å². The van der Waals surface area contributed by atoms with Gasteiger partial charge in [-0.15, -0.1) is 11.3 Å². The van der Waals surface area contributed by atoms with Crippen molar-refractivity contribution in [3.05, 3.63) is 40.2 Å². The van der Waals surface area contributed by atoms with E-state index < -0.39 is 11.7 Å². The molecule has 2 N–H and O–H groups in total. The fourth-order valence-corrected chi connectivity index (χ4v) is 2.45. The van der Waals surface area contributed by atoms with Gasteiger partial charge in [-0.2, -0.15) is 5.26 Å². The Balaban J connectivity index is 1.87. The van der Waals surface area contributed by atoms with Crippen molar-refractivity contribution in [3.8, 4) is 6.07 Å². The third kappa shape index (κ3) is 5.60. The van der Waals surface area contributed by atoms with Crippen LogP contribution in [0.15, 0.2) is 29.8 Å². The van der Waals surface area contributed by atoms with Gasteiger partial charge in [0.1, 0.15) is 17.5 Å². The van der Waals surface area contributed by atoms with Gasteiger partial charge in [0.2, 0.25) is 0 Å². The first-order valence-electron chi connectivity index (χ1n) is 7.03. The average molecular weight is 330 g/mol. The lowest BCUT2D eigenvalue weighted by Gasteiger charge is -2.19.